The predicted octanol–water partition coefficient (Wildman–Crippen LogP) is 5.13. The Bertz CT molecular complexity index is 2280. The average molecular weight is 769 g/mol. The molecule has 2 amide bonds. The number of rotatable bonds is 11. The van der Waals surface area contributed by atoms with Crippen LogP contribution in [0.3, 0.4) is 0 Å². The Morgan fingerprint density at radius 2 is 1.96 bits per heavy atom. The first-order valence-electron chi connectivity index (χ1n) is 17.8. The van der Waals surface area contributed by atoms with Crippen LogP contribution < -0.4 is 26.0 Å². The Balaban J connectivity index is 0.967. The molecule has 278 valence electrons. The number of hydrogen-bond acceptors (Lipinski definition) is 10. The highest BCUT2D eigenvalue weighted by Crippen LogP contribution is 2.40. The molecule has 3 aliphatic rings. The van der Waals surface area contributed by atoms with E-state index in [2.05, 4.69) is 37.2 Å². The summed E-state index contributed by atoms with van der Waals surface area (Å²) in [5, 5.41) is 13.2. The number of pyridine rings is 2. The largest absolute Gasteiger partial charge is 0.481 e. The third-order valence-electron chi connectivity index (χ3n) is 9.94. The van der Waals surface area contributed by atoms with Gasteiger partial charge in [0.25, 0.3) is 5.91 Å². The van der Waals surface area contributed by atoms with E-state index in [9.17, 15) is 9.59 Å². The molecule has 0 radical (unpaired) electrons. The molecular formula is C38H39Cl2N11O3. The minimum Gasteiger partial charge on any atom is -0.481 e. The van der Waals surface area contributed by atoms with Gasteiger partial charge in [-0.25, -0.2) is 15.0 Å². The number of anilines is 2. The van der Waals surface area contributed by atoms with Crippen LogP contribution in [-0.2, 0) is 37.9 Å². The summed E-state index contributed by atoms with van der Waals surface area (Å²) in [6.45, 7) is 4.07. The molecule has 4 N–H and O–H groups in total. The summed E-state index contributed by atoms with van der Waals surface area (Å²) in [4.78, 5) is 46.3. The maximum atomic E-state index is 13.7. The molecule has 0 aliphatic carbocycles. The number of fused-ring (bicyclic) bond motifs is 2. The Morgan fingerprint density at radius 1 is 1.07 bits per heavy atom. The van der Waals surface area contributed by atoms with E-state index in [-0.39, 0.29) is 17.9 Å². The molecule has 1 fully saturated rings. The fourth-order valence-electron chi connectivity index (χ4n) is 7.19. The summed E-state index contributed by atoms with van der Waals surface area (Å²) in [6, 6.07) is 11.1. The SMILES string of the molecule is COc1nc(-c2ccnc(-c3cccc(NC(=O)c4nc5c(n4C)CCN(Cc4cn6c(n4)NCC=C6)C5)c3Cl)c2Cl)ccc1CNC[C@H]1CCC(=O)N1. The minimum absolute atomic E-state index is 0.0866. The lowest BCUT2D eigenvalue weighted by molar-refractivity contribution is -0.119. The van der Waals surface area contributed by atoms with E-state index in [4.69, 9.17) is 42.9 Å². The summed E-state index contributed by atoms with van der Waals surface area (Å²) < 4.78 is 9.49. The van der Waals surface area contributed by atoms with E-state index in [1.54, 1.807) is 31.5 Å². The third kappa shape index (κ3) is 7.17. The van der Waals surface area contributed by atoms with Crippen molar-refractivity contribution < 1.29 is 14.3 Å². The first-order chi connectivity index (χ1) is 26.2. The Labute approximate surface area is 322 Å². The number of halogens is 2. The molecule has 54 heavy (non-hydrogen) atoms. The second-order valence-electron chi connectivity index (χ2n) is 13.5. The summed E-state index contributed by atoms with van der Waals surface area (Å²) >= 11 is 14.0. The van der Waals surface area contributed by atoms with Crippen molar-refractivity contribution in [1.29, 1.82) is 0 Å². The lowest BCUT2D eigenvalue weighted by Crippen LogP contribution is -2.35. The zero-order valence-electron chi connectivity index (χ0n) is 29.8. The smallest absolute Gasteiger partial charge is 0.291 e. The van der Waals surface area contributed by atoms with Gasteiger partial charge in [0.2, 0.25) is 17.7 Å². The number of hydrogen-bond donors (Lipinski definition) is 4. The van der Waals surface area contributed by atoms with Crippen molar-refractivity contribution in [2.45, 2.75) is 44.9 Å². The predicted molar refractivity (Wildman–Crippen MR) is 207 cm³/mol. The van der Waals surface area contributed by atoms with Gasteiger partial charge in [0, 0.05) is 106 Å². The molecule has 0 saturated carbocycles. The van der Waals surface area contributed by atoms with Crippen molar-refractivity contribution in [2.24, 2.45) is 7.05 Å². The first kappa shape index (κ1) is 35.7. The monoisotopic (exact) mass is 767 g/mol. The molecule has 4 aromatic heterocycles. The van der Waals surface area contributed by atoms with E-state index in [1.807, 2.05) is 46.8 Å². The van der Waals surface area contributed by atoms with Gasteiger partial charge in [-0.3, -0.25) is 24.0 Å². The molecule has 16 heteroatoms. The van der Waals surface area contributed by atoms with Crippen molar-refractivity contribution in [3.63, 3.8) is 0 Å². The quantitative estimate of drug-likeness (QED) is 0.142. The Hall–Kier alpha value is -5.28. The van der Waals surface area contributed by atoms with Crippen molar-refractivity contribution in [3.8, 4) is 28.4 Å². The van der Waals surface area contributed by atoms with Crippen molar-refractivity contribution in [2.75, 3.05) is 37.4 Å². The molecule has 1 saturated heterocycles. The standard InChI is InChI=1S/C38H39Cl2N11O3/c1-49-30-12-16-50(19-24-20-51-15-4-13-43-38(51)45-24)21-29(30)46-35(49)36(53)47-28-6-3-5-26(32(28)39)34-33(40)25(11-14-42-34)27-9-7-22(37(48-27)54-2)17-41-18-23-8-10-31(52)44-23/h3-7,9,11,14-15,20,23,41H,8,10,12-13,16-19,21H2,1-2H3,(H,43,45)(H,44,52)(H,47,53)/t23-/m1/s1. The van der Waals surface area contributed by atoms with Crippen molar-refractivity contribution >= 4 is 52.9 Å². The lowest BCUT2D eigenvalue weighted by Gasteiger charge is -2.25. The molecule has 0 unspecified atom stereocenters. The number of nitrogens with one attached hydrogen (secondary N) is 4. The van der Waals surface area contributed by atoms with Crippen LogP contribution in [0.1, 0.15) is 46.1 Å². The van der Waals surface area contributed by atoms with E-state index in [1.165, 1.54) is 0 Å². The molecule has 3 aliphatic heterocycles. The zero-order chi connectivity index (χ0) is 37.3. The summed E-state index contributed by atoms with van der Waals surface area (Å²) in [7, 11) is 3.44. The van der Waals surface area contributed by atoms with E-state index in [0.29, 0.717) is 82.6 Å². The number of aromatic nitrogens is 6. The fraction of sp³-hybridized carbons (Fsp3) is 0.316. The van der Waals surface area contributed by atoms with Crippen LogP contribution >= 0.6 is 23.2 Å². The van der Waals surface area contributed by atoms with Gasteiger partial charge >= 0.3 is 0 Å². The molecule has 7 heterocycles. The van der Waals surface area contributed by atoms with Gasteiger partial charge in [0.05, 0.1) is 45.6 Å². The second kappa shape index (κ2) is 15.2. The fourth-order valence-corrected chi connectivity index (χ4v) is 7.76. The summed E-state index contributed by atoms with van der Waals surface area (Å²) in [6.07, 6.45) is 9.89. The summed E-state index contributed by atoms with van der Waals surface area (Å²) in [5.41, 5.74) is 6.40. The van der Waals surface area contributed by atoms with Gasteiger partial charge in [0.1, 0.15) is 0 Å². The van der Waals surface area contributed by atoms with Crippen molar-refractivity contribution in [3.05, 3.63) is 93.4 Å². The number of nitrogens with zero attached hydrogens (tertiary/aromatic N) is 7. The number of carbonyl (C=O) groups is 2. The van der Waals surface area contributed by atoms with Crippen LogP contribution in [0.5, 0.6) is 5.88 Å². The maximum Gasteiger partial charge on any atom is 0.291 e. The number of amides is 2. The van der Waals surface area contributed by atoms with Crippen LogP contribution in [0.15, 0.2) is 54.9 Å². The highest BCUT2D eigenvalue weighted by atomic mass is 35.5. The second-order valence-corrected chi connectivity index (χ2v) is 14.3. The average Bonchev–Trinajstić information content (AvgIpc) is 3.88. The van der Waals surface area contributed by atoms with Gasteiger partial charge in [0.15, 0.2) is 5.82 Å². The number of ether oxygens (including phenoxy) is 1. The minimum atomic E-state index is -0.371. The lowest BCUT2D eigenvalue weighted by atomic mass is 10.1. The van der Waals surface area contributed by atoms with Crippen LogP contribution in [0.4, 0.5) is 11.6 Å². The van der Waals surface area contributed by atoms with Gasteiger partial charge < -0.3 is 30.6 Å². The van der Waals surface area contributed by atoms with Gasteiger partial charge in [-0.1, -0.05) is 41.4 Å². The normalized spacial score (nSPS) is 16.4. The number of imidazole rings is 2. The molecule has 1 aromatic carbocycles. The van der Waals surface area contributed by atoms with Gasteiger partial charge in [-0.15, -0.1) is 0 Å². The maximum absolute atomic E-state index is 13.7. The molecule has 0 spiro atoms. The third-order valence-corrected chi connectivity index (χ3v) is 10.7. The number of methoxy groups -OCH3 is 1. The number of benzene rings is 1. The molecule has 14 nitrogen and oxygen atoms in total. The topological polar surface area (TPSA) is 156 Å². The van der Waals surface area contributed by atoms with Gasteiger partial charge in [-0.2, -0.15) is 0 Å². The molecule has 1 atom stereocenters. The molecular weight excluding hydrogens is 729 g/mol. The molecule has 5 aromatic rings. The zero-order valence-corrected chi connectivity index (χ0v) is 31.3. The van der Waals surface area contributed by atoms with Crippen LogP contribution in [-0.4, -0.2) is 78.6 Å². The van der Waals surface area contributed by atoms with E-state index >= 15 is 0 Å². The summed E-state index contributed by atoms with van der Waals surface area (Å²) in [5.74, 6) is 1.32. The molecule has 0 bridgehead atoms. The van der Waals surface area contributed by atoms with Crippen LogP contribution in [0.25, 0.3) is 28.7 Å². The van der Waals surface area contributed by atoms with E-state index in [0.717, 1.165) is 54.5 Å². The van der Waals surface area contributed by atoms with Crippen LogP contribution in [0, 0.1) is 0 Å². The van der Waals surface area contributed by atoms with Crippen LogP contribution in [0.2, 0.25) is 10.0 Å². The van der Waals surface area contributed by atoms with Crippen molar-refractivity contribution in [1.82, 2.24) is 44.6 Å². The number of carbonyl (C=O) groups excluding carboxylic acids is 2. The highest BCUT2D eigenvalue weighted by molar-refractivity contribution is 6.39. The Morgan fingerprint density at radius 3 is 2.78 bits per heavy atom. The Kier molecular flexibility index (Phi) is 10.1. The first-order valence-corrected chi connectivity index (χ1v) is 18.6. The van der Waals surface area contributed by atoms with Gasteiger partial charge in [-0.05, 0) is 30.7 Å². The van der Waals surface area contributed by atoms with E-state index < -0.39 is 0 Å². The highest BCUT2D eigenvalue weighted by Gasteiger charge is 2.27. The molecule has 8 rings (SSSR count).